The minimum absolute atomic E-state index is 0.0727. The second-order valence-electron chi connectivity index (χ2n) is 6.38. The summed E-state index contributed by atoms with van der Waals surface area (Å²) < 4.78 is 33.7. The van der Waals surface area contributed by atoms with Crippen LogP contribution in [0.5, 0.6) is 0 Å². The van der Waals surface area contributed by atoms with Crippen molar-refractivity contribution in [1.82, 2.24) is 19.4 Å². The molecule has 0 saturated carbocycles. The number of carbonyl (C=O) groups is 1. The summed E-state index contributed by atoms with van der Waals surface area (Å²) in [4.78, 5) is 11.5. The second-order valence-corrected chi connectivity index (χ2v) is 8.27. The molecule has 1 aliphatic rings. The van der Waals surface area contributed by atoms with Gasteiger partial charge in [-0.15, -0.1) is 0 Å². The SMILES string of the molecule is CCc1ccc(C2CNCCN2S(=O)(=O)c2cnn(CC(=O)OC)c2)cc1. The predicted molar refractivity (Wildman–Crippen MR) is 99.6 cm³/mol. The molecule has 8 nitrogen and oxygen atoms in total. The van der Waals surface area contributed by atoms with Gasteiger partial charge >= 0.3 is 5.97 Å². The molecule has 1 aliphatic heterocycles. The van der Waals surface area contributed by atoms with E-state index in [2.05, 4.69) is 22.1 Å². The number of nitrogens with one attached hydrogen (secondary N) is 1. The largest absolute Gasteiger partial charge is 0.468 e. The number of piperazine rings is 1. The Hall–Kier alpha value is -2.23. The summed E-state index contributed by atoms with van der Waals surface area (Å²) in [6.07, 6.45) is 3.58. The second kappa shape index (κ2) is 8.20. The summed E-state index contributed by atoms with van der Waals surface area (Å²) in [5.74, 6) is -0.488. The molecule has 0 aliphatic carbocycles. The molecule has 1 aromatic heterocycles. The van der Waals surface area contributed by atoms with Crippen LogP contribution in [0.2, 0.25) is 0 Å². The van der Waals surface area contributed by atoms with Crippen molar-refractivity contribution in [3.8, 4) is 0 Å². The van der Waals surface area contributed by atoms with Crippen molar-refractivity contribution < 1.29 is 17.9 Å². The first-order valence-electron chi connectivity index (χ1n) is 8.86. The average molecular weight is 392 g/mol. The Morgan fingerprint density at radius 1 is 1.33 bits per heavy atom. The van der Waals surface area contributed by atoms with Crippen LogP contribution in [0, 0.1) is 0 Å². The van der Waals surface area contributed by atoms with Crippen LogP contribution in [-0.2, 0) is 32.5 Å². The fourth-order valence-electron chi connectivity index (χ4n) is 3.13. The fourth-order valence-corrected chi connectivity index (χ4v) is 4.70. The fraction of sp³-hybridized carbons (Fsp3) is 0.444. The number of hydrogen-bond donors (Lipinski definition) is 1. The first-order chi connectivity index (χ1) is 13.0. The van der Waals surface area contributed by atoms with E-state index in [-0.39, 0.29) is 17.5 Å². The van der Waals surface area contributed by atoms with Crippen LogP contribution < -0.4 is 5.32 Å². The van der Waals surface area contributed by atoms with Crippen molar-refractivity contribution in [3.63, 3.8) is 0 Å². The Kier molecular flexibility index (Phi) is 5.93. The maximum absolute atomic E-state index is 13.2. The first-order valence-corrected chi connectivity index (χ1v) is 10.3. The first kappa shape index (κ1) is 19.5. The summed E-state index contributed by atoms with van der Waals surface area (Å²) in [5, 5.41) is 7.25. The average Bonchev–Trinajstić information content (AvgIpc) is 3.17. The molecule has 0 bridgehead atoms. The number of ether oxygens (including phenoxy) is 1. The maximum atomic E-state index is 13.2. The zero-order valence-electron chi connectivity index (χ0n) is 15.5. The summed E-state index contributed by atoms with van der Waals surface area (Å²) in [5.41, 5.74) is 2.16. The van der Waals surface area contributed by atoms with E-state index in [9.17, 15) is 13.2 Å². The molecule has 1 unspecified atom stereocenters. The topological polar surface area (TPSA) is 93.5 Å². The lowest BCUT2D eigenvalue weighted by molar-refractivity contribution is -0.141. The van der Waals surface area contributed by atoms with Gasteiger partial charge in [0, 0.05) is 25.8 Å². The van der Waals surface area contributed by atoms with E-state index in [4.69, 9.17) is 0 Å². The molecule has 1 saturated heterocycles. The monoisotopic (exact) mass is 392 g/mol. The molecule has 0 spiro atoms. The lowest BCUT2D eigenvalue weighted by atomic mass is 10.0. The Balaban J connectivity index is 1.87. The third-order valence-corrected chi connectivity index (χ3v) is 6.56. The van der Waals surface area contributed by atoms with E-state index in [1.54, 1.807) is 0 Å². The number of aryl methyl sites for hydroxylation is 1. The number of sulfonamides is 1. The molecule has 9 heteroatoms. The zero-order chi connectivity index (χ0) is 19.4. The smallest absolute Gasteiger partial charge is 0.327 e. The van der Waals surface area contributed by atoms with E-state index < -0.39 is 16.0 Å². The van der Waals surface area contributed by atoms with Crippen LogP contribution in [0.1, 0.15) is 24.1 Å². The molecule has 1 fully saturated rings. The molecule has 3 rings (SSSR count). The van der Waals surface area contributed by atoms with E-state index in [0.29, 0.717) is 19.6 Å². The van der Waals surface area contributed by atoms with Gasteiger partial charge in [-0.05, 0) is 17.5 Å². The molecule has 27 heavy (non-hydrogen) atoms. The van der Waals surface area contributed by atoms with Gasteiger partial charge in [0.25, 0.3) is 0 Å². The van der Waals surface area contributed by atoms with Gasteiger partial charge in [-0.2, -0.15) is 9.40 Å². The third kappa shape index (κ3) is 4.20. The van der Waals surface area contributed by atoms with Crippen LogP contribution >= 0.6 is 0 Å². The number of carbonyl (C=O) groups excluding carboxylic acids is 1. The van der Waals surface area contributed by atoms with Gasteiger partial charge in [0.2, 0.25) is 10.0 Å². The van der Waals surface area contributed by atoms with Crippen molar-refractivity contribution in [1.29, 1.82) is 0 Å². The summed E-state index contributed by atoms with van der Waals surface area (Å²) in [6.45, 7) is 3.44. The lowest BCUT2D eigenvalue weighted by Gasteiger charge is -2.35. The maximum Gasteiger partial charge on any atom is 0.327 e. The Labute approximate surface area is 159 Å². The number of benzene rings is 1. The van der Waals surface area contributed by atoms with Crippen LogP contribution in [0.25, 0.3) is 0 Å². The van der Waals surface area contributed by atoms with Crippen LogP contribution in [0.15, 0.2) is 41.6 Å². The normalized spacial score (nSPS) is 18.4. The molecular formula is C18H24N4O4S. The van der Waals surface area contributed by atoms with Gasteiger partial charge < -0.3 is 10.1 Å². The van der Waals surface area contributed by atoms with Gasteiger partial charge in [0.15, 0.2) is 0 Å². The van der Waals surface area contributed by atoms with Crippen molar-refractivity contribution in [2.75, 3.05) is 26.7 Å². The summed E-state index contributed by atoms with van der Waals surface area (Å²) in [7, 11) is -2.46. The van der Waals surface area contributed by atoms with Crippen LogP contribution in [0.3, 0.4) is 0 Å². The van der Waals surface area contributed by atoms with Crippen molar-refractivity contribution in [3.05, 3.63) is 47.8 Å². The van der Waals surface area contributed by atoms with Crippen molar-refractivity contribution >= 4 is 16.0 Å². The minimum Gasteiger partial charge on any atom is -0.468 e. The molecule has 1 N–H and O–H groups in total. The lowest BCUT2D eigenvalue weighted by Crippen LogP contribution is -2.48. The Morgan fingerprint density at radius 2 is 2.07 bits per heavy atom. The zero-order valence-corrected chi connectivity index (χ0v) is 16.3. The highest BCUT2D eigenvalue weighted by molar-refractivity contribution is 7.89. The van der Waals surface area contributed by atoms with Gasteiger partial charge in [0.05, 0.1) is 19.3 Å². The predicted octanol–water partition coefficient (Wildman–Crippen LogP) is 0.954. The van der Waals surface area contributed by atoms with E-state index in [1.807, 2.05) is 24.3 Å². The van der Waals surface area contributed by atoms with Gasteiger partial charge in [-0.3, -0.25) is 9.48 Å². The standard InChI is InChI=1S/C18H24N4O4S/c1-3-14-4-6-15(7-5-14)17-11-19-8-9-22(17)27(24,25)16-10-20-21(12-16)13-18(23)26-2/h4-7,10,12,17,19H,3,8-9,11,13H2,1-2H3. The number of esters is 1. The third-order valence-electron chi connectivity index (χ3n) is 4.70. The highest BCUT2D eigenvalue weighted by Crippen LogP contribution is 2.29. The molecule has 2 heterocycles. The minimum atomic E-state index is -3.74. The van der Waals surface area contributed by atoms with Gasteiger partial charge in [-0.1, -0.05) is 31.2 Å². The van der Waals surface area contributed by atoms with Crippen molar-refractivity contribution in [2.24, 2.45) is 0 Å². The molecule has 1 aromatic carbocycles. The van der Waals surface area contributed by atoms with E-state index in [0.717, 1.165) is 12.0 Å². The molecule has 0 amide bonds. The van der Waals surface area contributed by atoms with Gasteiger partial charge in [0.1, 0.15) is 11.4 Å². The van der Waals surface area contributed by atoms with Crippen LogP contribution in [0.4, 0.5) is 0 Å². The molecule has 146 valence electrons. The van der Waals surface area contributed by atoms with E-state index in [1.165, 1.54) is 34.1 Å². The Bertz CT molecular complexity index is 892. The number of rotatable bonds is 6. The molecular weight excluding hydrogens is 368 g/mol. The summed E-state index contributed by atoms with van der Waals surface area (Å²) >= 11 is 0. The highest BCUT2D eigenvalue weighted by Gasteiger charge is 2.35. The van der Waals surface area contributed by atoms with E-state index >= 15 is 0 Å². The van der Waals surface area contributed by atoms with Gasteiger partial charge in [-0.25, -0.2) is 8.42 Å². The highest BCUT2D eigenvalue weighted by atomic mass is 32.2. The quantitative estimate of drug-likeness (QED) is 0.736. The molecule has 2 aromatic rings. The summed E-state index contributed by atoms with van der Waals surface area (Å²) in [6, 6.07) is 7.74. The molecule has 0 radical (unpaired) electrons. The van der Waals surface area contributed by atoms with Crippen molar-refractivity contribution in [2.45, 2.75) is 30.8 Å². The number of aromatic nitrogens is 2. The number of nitrogens with zero attached hydrogens (tertiary/aromatic N) is 3. The number of methoxy groups -OCH3 is 1. The Morgan fingerprint density at radius 3 is 2.74 bits per heavy atom. The molecule has 1 atom stereocenters. The van der Waals surface area contributed by atoms with Crippen LogP contribution in [-0.4, -0.2) is 55.2 Å². The number of hydrogen-bond acceptors (Lipinski definition) is 6.